The molecule has 13 heavy (non-hydrogen) atoms. The van der Waals surface area contributed by atoms with E-state index in [0.29, 0.717) is 19.5 Å². The predicted octanol–water partition coefficient (Wildman–Crippen LogP) is 1.30. The molecule has 1 saturated heterocycles. The molecular formula is C8H14F3NO. The maximum absolute atomic E-state index is 11.8. The number of aliphatic hydroxyl groups excluding tert-OH is 1. The van der Waals surface area contributed by atoms with Crippen molar-refractivity contribution < 1.29 is 18.3 Å². The van der Waals surface area contributed by atoms with Crippen molar-refractivity contribution in [1.82, 2.24) is 5.32 Å². The molecule has 0 radical (unpaired) electrons. The van der Waals surface area contributed by atoms with Crippen LogP contribution in [0.25, 0.3) is 0 Å². The molecule has 0 aliphatic carbocycles. The molecule has 2 nitrogen and oxygen atoms in total. The summed E-state index contributed by atoms with van der Waals surface area (Å²) in [6, 6.07) is 0. The third-order valence-corrected chi connectivity index (χ3v) is 2.37. The van der Waals surface area contributed by atoms with Crippen LogP contribution in [0.15, 0.2) is 0 Å². The smallest absolute Gasteiger partial charge is 0.389 e. The molecule has 1 aliphatic rings. The minimum atomic E-state index is -4.10. The molecule has 2 atom stereocenters. The average Bonchev–Trinajstić information content (AvgIpc) is 2.01. The van der Waals surface area contributed by atoms with E-state index in [-0.39, 0.29) is 12.3 Å². The normalized spacial score (nSPS) is 30.5. The summed E-state index contributed by atoms with van der Waals surface area (Å²) in [5.41, 5.74) is 0. The first-order chi connectivity index (χ1) is 5.99. The molecule has 5 heteroatoms. The van der Waals surface area contributed by atoms with Gasteiger partial charge in [0.1, 0.15) is 0 Å². The van der Waals surface area contributed by atoms with E-state index < -0.39 is 18.7 Å². The minimum Gasteiger partial charge on any atom is -0.393 e. The lowest BCUT2D eigenvalue weighted by molar-refractivity contribution is -0.139. The summed E-state index contributed by atoms with van der Waals surface area (Å²) in [5, 5.41) is 12.3. The summed E-state index contributed by atoms with van der Waals surface area (Å²) < 4.78 is 35.5. The summed E-state index contributed by atoms with van der Waals surface area (Å²) in [7, 11) is 0. The molecule has 0 aromatic carbocycles. The van der Waals surface area contributed by atoms with Gasteiger partial charge in [0.25, 0.3) is 0 Å². The van der Waals surface area contributed by atoms with Crippen LogP contribution in [0.3, 0.4) is 0 Å². The summed E-state index contributed by atoms with van der Waals surface area (Å²) in [5.74, 6) is -0.240. The molecule has 0 bridgehead atoms. The van der Waals surface area contributed by atoms with Gasteiger partial charge in [-0.2, -0.15) is 13.2 Å². The number of rotatable bonds is 2. The Hall–Kier alpha value is -0.290. The molecule has 0 saturated carbocycles. The van der Waals surface area contributed by atoms with Gasteiger partial charge in [0, 0.05) is 13.0 Å². The van der Waals surface area contributed by atoms with E-state index in [4.69, 9.17) is 0 Å². The van der Waals surface area contributed by atoms with Gasteiger partial charge in [-0.05, 0) is 25.3 Å². The first kappa shape index (κ1) is 10.8. The Balaban J connectivity index is 2.27. The Morgan fingerprint density at radius 3 is 2.62 bits per heavy atom. The zero-order valence-electron chi connectivity index (χ0n) is 7.27. The Labute approximate surface area is 75.1 Å². The van der Waals surface area contributed by atoms with E-state index >= 15 is 0 Å². The molecule has 2 unspecified atom stereocenters. The highest BCUT2D eigenvalue weighted by molar-refractivity contribution is 4.77. The number of nitrogens with one attached hydrogen (secondary N) is 1. The lowest BCUT2D eigenvalue weighted by atomic mass is 9.92. The number of aliphatic hydroxyl groups is 1. The van der Waals surface area contributed by atoms with Gasteiger partial charge in [0.2, 0.25) is 0 Å². The van der Waals surface area contributed by atoms with Gasteiger partial charge in [-0.25, -0.2) is 0 Å². The Morgan fingerprint density at radius 1 is 1.38 bits per heavy atom. The van der Waals surface area contributed by atoms with Crippen molar-refractivity contribution in [3.8, 4) is 0 Å². The van der Waals surface area contributed by atoms with E-state index in [9.17, 15) is 18.3 Å². The van der Waals surface area contributed by atoms with Gasteiger partial charge < -0.3 is 10.4 Å². The number of piperidine rings is 1. The maximum Gasteiger partial charge on any atom is 0.389 e. The van der Waals surface area contributed by atoms with Gasteiger partial charge in [-0.1, -0.05) is 0 Å². The summed E-state index contributed by atoms with van der Waals surface area (Å²) in [4.78, 5) is 0. The monoisotopic (exact) mass is 197 g/mol. The molecule has 0 spiro atoms. The summed E-state index contributed by atoms with van der Waals surface area (Å²) in [6.45, 7) is 1.20. The Kier molecular flexibility index (Phi) is 3.55. The SMILES string of the molecule is OC1CCNCC1CCC(F)(F)F. The topological polar surface area (TPSA) is 32.3 Å². The minimum absolute atomic E-state index is 0.0255. The molecular weight excluding hydrogens is 183 g/mol. The zero-order chi connectivity index (χ0) is 9.90. The second kappa shape index (κ2) is 4.28. The van der Waals surface area contributed by atoms with E-state index in [1.165, 1.54) is 0 Å². The molecule has 78 valence electrons. The van der Waals surface area contributed by atoms with Crippen LogP contribution in [0, 0.1) is 5.92 Å². The average molecular weight is 197 g/mol. The lowest BCUT2D eigenvalue weighted by Gasteiger charge is -2.28. The van der Waals surface area contributed by atoms with Crippen LogP contribution in [0.1, 0.15) is 19.3 Å². The number of hydrogen-bond donors (Lipinski definition) is 2. The molecule has 1 aliphatic heterocycles. The highest BCUT2D eigenvalue weighted by Gasteiger charge is 2.31. The van der Waals surface area contributed by atoms with Crippen molar-refractivity contribution in [1.29, 1.82) is 0 Å². The lowest BCUT2D eigenvalue weighted by Crippen LogP contribution is -2.40. The zero-order valence-corrected chi connectivity index (χ0v) is 7.27. The number of halogens is 3. The van der Waals surface area contributed by atoms with Crippen LogP contribution in [0.2, 0.25) is 0 Å². The van der Waals surface area contributed by atoms with Crippen molar-refractivity contribution in [2.24, 2.45) is 5.92 Å². The molecule has 0 aromatic heterocycles. The molecule has 1 rings (SSSR count). The van der Waals surface area contributed by atoms with Crippen LogP contribution in [-0.4, -0.2) is 30.5 Å². The van der Waals surface area contributed by atoms with Crippen molar-refractivity contribution in [2.75, 3.05) is 13.1 Å². The quantitative estimate of drug-likeness (QED) is 0.699. The van der Waals surface area contributed by atoms with E-state index in [1.807, 2.05) is 0 Å². The van der Waals surface area contributed by atoms with Gasteiger partial charge in [0.15, 0.2) is 0 Å². The van der Waals surface area contributed by atoms with Gasteiger partial charge in [-0.3, -0.25) is 0 Å². The van der Waals surface area contributed by atoms with Crippen LogP contribution >= 0.6 is 0 Å². The largest absolute Gasteiger partial charge is 0.393 e. The predicted molar refractivity (Wildman–Crippen MR) is 42.3 cm³/mol. The molecule has 2 N–H and O–H groups in total. The third-order valence-electron chi connectivity index (χ3n) is 2.37. The highest BCUT2D eigenvalue weighted by atomic mass is 19.4. The highest BCUT2D eigenvalue weighted by Crippen LogP contribution is 2.26. The summed E-state index contributed by atoms with van der Waals surface area (Å²) in [6.07, 6.45) is -4.88. The van der Waals surface area contributed by atoms with E-state index in [2.05, 4.69) is 5.32 Å². The van der Waals surface area contributed by atoms with Gasteiger partial charge >= 0.3 is 6.18 Å². The van der Waals surface area contributed by atoms with Gasteiger partial charge in [0.05, 0.1) is 6.10 Å². The second-order valence-electron chi connectivity index (χ2n) is 3.47. The van der Waals surface area contributed by atoms with E-state index in [1.54, 1.807) is 0 Å². The first-order valence-electron chi connectivity index (χ1n) is 4.44. The number of alkyl halides is 3. The van der Waals surface area contributed by atoms with Crippen LogP contribution in [0.5, 0.6) is 0 Å². The maximum atomic E-state index is 11.8. The fourth-order valence-corrected chi connectivity index (χ4v) is 1.55. The van der Waals surface area contributed by atoms with Gasteiger partial charge in [-0.15, -0.1) is 0 Å². The molecule has 0 aromatic rings. The fourth-order valence-electron chi connectivity index (χ4n) is 1.55. The van der Waals surface area contributed by atoms with E-state index in [0.717, 1.165) is 0 Å². The van der Waals surface area contributed by atoms with Crippen LogP contribution in [-0.2, 0) is 0 Å². The van der Waals surface area contributed by atoms with Crippen molar-refractivity contribution in [3.05, 3.63) is 0 Å². The van der Waals surface area contributed by atoms with Crippen molar-refractivity contribution in [3.63, 3.8) is 0 Å². The van der Waals surface area contributed by atoms with Crippen LogP contribution < -0.4 is 5.32 Å². The standard InChI is InChI=1S/C8H14F3NO/c9-8(10,11)3-1-6-5-12-4-2-7(6)13/h6-7,12-13H,1-5H2. The molecule has 1 heterocycles. The Bertz CT molecular complexity index is 160. The number of hydrogen-bond acceptors (Lipinski definition) is 2. The summed E-state index contributed by atoms with van der Waals surface area (Å²) >= 11 is 0. The first-order valence-corrected chi connectivity index (χ1v) is 4.44. The Morgan fingerprint density at radius 2 is 2.08 bits per heavy atom. The fraction of sp³-hybridized carbons (Fsp3) is 1.00. The van der Waals surface area contributed by atoms with Crippen molar-refractivity contribution in [2.45, 2.75) is 31.5 Å². The second-order valence-corrected chi connectivity index (χ2v) is 3.47. The molecule has 1 fully saturated rings. The van der Waals surface area contributed by atoms with Crippen LogP contribution in [0.4, 0.5) is 13.2 Å². The van der Waals surface area contributed by atoms with Crippen molar-refractivity contribution >= 4 is 0 Å². The third kappa shape index (κ3) is 3.95. The molecule has 0 amide bonds.